The van der Waals surface area contributed by atoms with E-state index in [4.69, 9.17) is 27.9 Å². The smallest absolute Gasteiger partial charge is 0.339 e. The van der Waals surface area contributed by atoms with E-state index in [-0.39, 0.29) is 22.0 Å². The average molecular weight is 403 g/mol. The van der Waals surface area contributed by atoms with Crippen LogP contribution in [0.25, 0.3) is 5.69 Å². The number of carbonyl (C=O) groups is 1. The maximum Gasteiger partial charge on any atom is 0.339 e. The number of benzene rings is 1. The Balaban J connectivity index is 2.82. The zero-order valence-corrected chi connectivity index (χ0v) is 16.1. The van der Waals surface area contributed by atoms with Gasteiger partial charge in [0.05, 0.1) is 33.8 Å². The fourth-order valence-electron chi connectivity index (χ4n) is 2.38. The van der Waals surface area contributed by atoms with E-state index in [2.05, 4.69) is 0 Å². The molecule has 9 heteroatoms. The average Bonchev–Trinajstić information content (AvgIpc) is 2.54. The molecule has 1 aromatic heterocycles. The van der Waals surface area contributed by atoms with E-state index in [0.717, 1.165) is 12.1 Å². The summed E-state index contributed by atoms with van der Waals surface area (Å²) in [5.74, 6) is -1.88. The van der Waals surface area contributed by atoms with Gasteiger partial charge in [0.25, 0.3) is 5.56 Å². The summed E-state index contributed by atoms with van der Waals surface area (Å²) >= 11 is 11.7. The van der Waals surface area contributed by atoms with Crippen LogP contribution in [0, 0.1) is 12.7 Å². The minimum atomic E-state index is -0.931. The molecule has 140 valence electrons. The summed E-state index contributed by atoms with van der Waals surface area (Å²) in [4.78, 5) is 37.3. The molecule has 0 amide bonds. The highest BCUT2D eigenvalue weighted by molar-refractivity contribution is 6.33. The molecule has 0 aliphatic carbocycles. The number of hydrogen-bond acceptors (Lipinski definition) is 4. The van der Waals surface area contributed by atoms with Crippen molar-refractivity contribution in [3.63, 3.8) is 0 Å². The van der Waals surface area contributed by atoms with Gasteiger partial charge < -0.3 is 9.30 Å². The third kappa shape index (κ3) is 3.54. The number of esters is 1. The fourth-order valence-corrected chi connectivity index (χ4v) is 2.92. The van der Waals surface area contributed by atoms with Gasteiger partial charge in [-0.3, -0.25) is 4.79 Å². The molecule has 0 bridgehead atoms. The third-order valence-electron chi connectivity index (χ3n) is 3.85. The lowest BCUT2D eigenvalue weighted by atomic mass is 10.1. The zero-order chi connectivity index (χ0) is 19.8. The Morgan fingerprint density at radius 1 is 1.31 bits per heavy atom. The quantitative estimate of drug-likeness (QED) is 0.582. The van der Waals surface area contributed by atoms with E-state index in [1.54, 1.807) is 20.8 Å². The molecule has 0 aliphatic rings. The number of halogens is 3. The maximum atomic E-state index is 14.5. The topological polar surface area (TPSA) is 70.3 Å². The van der Waals surface area contributed by atoms with E-state index >= 15 is 0 Å². The zero-order valence-electron chi connectivity index (χ0n) is 14.6. The number of carbonyl (C=O) groups excluding carboxylic acids is 1. The van der Waals surface area contributed by atoms with E-state index < -0.39 is 34.8 Å². The van der Waals surface area contributed by atoms with Crippen LogP contribution in [0.2, 0.25) is 5.02 Å². The van der Waals surface area contributed by atoms with Crippen molar-refractivity contribution in [3.05, 3.63) is 60.6 Å². The molecule has 0 radical (unpaired) electrons. The van der Waals surface area contributed by atoms with E-state index in [1.807, 2.05) is 0 Å². The standard InChI is InChI=1S/C17H17Cl2FN2O4/c1-8(2)26-16(24)10-5-14(13(20)6-12(10)19)22-15(23)11(7-18)9(3)21(4)17(22)25/h5-6,8H,7H2,1-4H3. The Morgan fingerprint density at radius 2 is 1.92 bits per heavy atom. The Labute approximate surface area is 158 Å². The molecule has 0 aliphatic heterocycles. The highest BCUT2D eigenvalue weighted by Gasteiger charge is 2.22. The van der Waals surface area contributed by atoms with Crippen LogP contribution in [-0.4, -0.2) is 21.2 Å². The van der Waals surface area contributed by atoms with Gasteiger partial charge in [-0.1, -0.05) is 11.6 Å². The molecule has 0 N–H and O–H groups in total. The molecule has 0 atom stereocenters. The second kappa shape index (κ2) is 7.63. The van der Waals surface area contributed by atoms with Crippen molar-refractivity contribution < 1.29 is 13.9 Å². The van der Waals surface area contributed by atoms with Crippen LogP contribution < -0.4 is 11.2 Å². The molecule has 0 spiro atoms. The van der Waals surface area contributed by atoms with Crippen molar-refractivity contribution in [1.29, 1.82) is 0 Å². The third-order valence-corrected chi connectivity index (χ3v) is 4.43. The summed E-state index contributed by atoms with van der Waals surface area (Å²) in [7, 11) is 1.44. The van der Waals surface area contributed by atoms with Gasteiger partial charge in [-0.25, -0.2) is 18.5 Å². The number of aromatic nitrogens is 2. The van der Waals surface area contributed by atoms with Crippen molar-refractivity contribution in [1.82, 2.24) is 9.13 Å². The molecule has 2 rings (SSSR count). The number of alkyl halides is 1. The normalized spacial score (nSPS) is 11.1. The highest BCUT2D eigenvalue weighted by Crippen LogP contribution is 2.24. The van der Waals surface area contributed by atoms with Gasteiger partial charge >= 0.3 is 11.7 Å². The summed E-state index contributed by atoms with van der Waals surface area (Å²) in [6, 6.07) is 1.89. The van der Waals surface area contributed by atoms with Crippen LogP contribution >= 0.6 is 23.2 Å². The Bertz CT molecular complexity index is 996. The number of ether oxygens (including phenoxy) is 1. The summed E-state index contributed by atoms with van der Waals surface area (Å²) in [5, 5.41) is -0.188. The van der Waals surface area contributed by atoms with Crippen LogP contribution in [0.3, 0.4) is 0 Å². The van der Waals surface area contributed by atoms with Crippen LogP contribution in [0.15, 0.2) is 21.7 Å². The molecule has 0 saturated carbocycles. The van der Waals surface area contributed by atoms with Crippen molar-refractivity contribution in [2.75, 3.05) is 0 Å². The molecular formula is C17H17Cl2FN2O4. The first-order valence-corrected chi connectivity index (χ1v) is 8.59. The molecule has 0 saturated heterocycles. The van der Waals surface area contributed by atoms with Crippen LogP contribution in [-0.2, 0) is 17.7 Å². The van der Waals surface area contributed by atoms with Gasteiger partial charge in [0.1, 0.15) is 5.82 Å². The van der Waals surface area contributed by atoms with E-state index in [0.29, 0.717) is 10.3 Å². The van der Waals surface area contributed by atoms with Gasteiger partial charge in [-0.15, -0.1) is 11.6 Å². The highest BCUT2D eigenvalue weighted by atomic mass is 35.5. The maximum absolute atomic E-state index is 14.5. The van der Waals surface area contributed by atoms with Gasteiger partial charge in [-0.2, -0.15) is 0 Å². The van der Waals surface area contributed by atoms with Gasteiger partial charge in [0.15, 0.2) is 0 Å². The van der Waals surface area contributed by atoms with Crippen molar-refractivity contribution in [2.45, 2.75) is 32.8 Å². The first-order valence-electron chi connectivity index (χ1n) is 7.68. The lowest BCUT2D eigenvalue weighted by Gasteiger charge is -2.15. The van der Waals surface area contributed by atoms with Crippen LogP contribution in [0.5, 0.6) is 0 Å². The van der Waals surface area contributed by atoms with Crippen molar-refractivity contribution in [2.24, 2.45) is 7.05 Å². The molecule has 2 aromatic rings. The Kier molecular flexibility index (Phi) is 5.93. The van der Waals surface area contributed by atoms with Crippen LogP contribution in [0.4, 0.5) is 4.39 Å². The largest absolute Gasteiger partial charge is 0.459 e. The molecule has 1 heterocycles. The second-order valence-corrected chi connectivity index (χ2v) is 6.59. The van der Waals surface area contributed by atoms with Crippen molar-refractivity contribution >= 4 is 29.2 Å². The SMILES string of the molecule is Cc1c(CCl)c(=O)n(-c2cc(C(=O)OC(C)C)c(Cl)cc2F)c(=O)n1C. The Morgan fingerprint density at radius 3 is 2.46 bits per heavy atom. The number of hydrogen-bond donors (Lipinski definition) is 0. The second-order valence-electron chi connectivity index (χ2n) is 5.92. The fraction of sp³-hybridized carbons (Fsp3) is 0.353. The lowest BCUT2D eigenvalue weighted by Crippen LogP contribution is -2.41. The number of nitrogens with zero attached hydrogens (tertiary/aromatic N) is 2. The minimum absolute atomic E-state index is 0.148. The van der Waals surface area contributed by atoms with E-state index in [9.17, 15) is 18.8 Å². The summed E-state index contributed by atoms with van der Waals surface area (Å²) < 4.78 is 21.4. The summed E-state index contributed by atoms with van der Waals surface area (Å²) in [6.07, 6.45) is -0.426. The monoisotopic (exact) mass is 402 g/mol. The number of rotatable bonds is 4. The predicted octanol–water partition coefficient (Wildman–Crippen LogP) is 2.94. The lowest BCUT2D eigenvalue weighted by molar-refractivity contribution is 0.0378. The first kappa shape index (κ1) is 20.2. The molecule has 0 unspecified atom stereocenters. The first-order chi connectivity index (χ1) is 12.1. The van der Waals surface area contributed by atoms with E-state index in [1.165, 1.54) is 11.6 Å². The van der Waals surface area contributed by atoms with Gasteiger partial charge in [0.2, 0.25) is 0 Å². The molecule has 6 nitrogen and oxygen atoms in total. The molecule has 1 aromatic carbocycles. The summed E-state index contributed by atoms with van der Waals surface area (Å²) in [6.45, 7) is 4.85. The molecular weight excluding hydrogens is 386 g/mol. The van der Waals surface area contributed by atoms with Gasteiger partial charge in [-0.05, 0) is 32.9 Å². The minimum Gasteiger partial charge on any atom is -0.459 e. The van der Waals surface area contributed by atoms with Crippen LogP contribution in [0.1, 0.15) is 35.5 Å². The van der Waals surface area contributed by atoms with Gasteiger partial charge in [0, 0.05) is 12.7 Å². The predicted molar refractivity (Wildman–Crippen MR) is 97.1 cm³/mol. The summed E-state index contributed by atoms with van der Waals surface area (Å²) in [5.41, 5.74) is -1.56. The van der Waals surface area contributed by atoms with Crippen molar-refractivity contribution in [3.8, 4) is 5.69 Å². The molecule has 0 fully saturated rings. The Hall–Kier alpha value is -2.12. The molecule has 26 heavy (non-hydrogen) atoms.